The average Bonchev–Trinajstić information content (AvgIpc) is 3.33. The van der Waals surface area contributed by atoms with Crippen molar-refractivity contribution < 1.29 is 4.74 Å². The van der Waals surface area contributed by atoms with Crippen LogP contribution in [0.25, 0.3) is 10.6 Å². The number of aryl methyl sites for hydroxylation is 2. The first-order valence-electron chi connectivity index (χ1n) is 9.31. The fourth-order valence-corrected chi connectivity index (χ4v) is 4.68. The highest BCUT2D eigenvalue weighted by molar-refractivity contribution is 7.98. The Balaban J connectivity index is 1.37. The van der Waals surface area contributed by atoms with E-state index < -0.39 is 0 Å². The summed E-state index contributed by atoms with van der Waals surface area (Å²) >= 11 is 3.30. The molecule has 4 rings (SSSR count). The van der Waals surface area contributed by atoms with Crippen molar-refractivity contribution >= 4 is 23.1 Å². The second-order valence-corrected chi connectivity index (χ2v) is 8.61. The highest BCUT2D eigenvalue weighted by Gasteiger charge is 2.12. The molecule has 2 aromatic carbocycles. The number of ether oxygens (including phenoxy) is 1. The van der Waals surface area contributed by atoms with Crippen LogP contribution < -0.4 is 4.74 Å². The van der Waals surface area contributed by atoms with E-state index in [1.807, 2.05) is 35.9 Å². The lowest BCUT2D eigenvalue weighted by molar-refractivity contribution is 0.288. The summed E-state index contributed by atoms with van der Waals surface area (Å²) in [6.45, 7) is 4.52. The van der Waals surface area contributed by atoms with E-state index in [1.165, 1.54) is 5.56 Å². The van der Waals surface area contributed by atoms with E-state index in [0.717, 1.165) is 44.3 Å². The zero-order valence-electron chi connectivity index (χ0n) is 16.6. The number of hydrogen-bond acceptors (Lipinski definition) is 6. The van der Waals surface area contributed by atoms with E-state index in [9.17, 15) is 0 Å². The van der Waals surface area contributed by atoms with Crippen LogP contribution in [0.2, 0.25) is 0 Å². The zero-order valence-corrected chi connectivity index (χ0v) is 18.3. The highest BCUT2D eigenvalue weighted by atomic mass is 32.2. The van der Waals surface area contributed by atoms with E-state index in [-0.39, 0.29) is 0 Å². The Hall–Kier alpha value is -2.64. The van der Waals surface area contributed by atoms with Crippen molar-refractivity contribution in [2.75, 3.05) is 0 Å². The molecule has 0 fully saturated rings. The monoisotopic (exact) mass is 422 g/mol. The molecule has 0 amide bonds. The molecule has 0 saturated heterocycles. The van der Waals surface area contributed by atoms with Crippen LogP contribution in [0.5, 0.6) is 5.75 Å². The maximum absolute atomic E-state index is 5.94. The number of thiazole rings is 1. The molecule has 0 N–H and O–H groups in total. The Bertz CT molecular complexity index is 1110. The lowest BCUT2D eigenvalue weighted by atomic mass is 10.1. The highest BCUT2D eigenvalue weighted by Crippen LogP contribution is 2.27. The fraction of sp³-hybridized carbons (Fsp3) is 0.227. The quantitative estimate of drug-likeness (QED) is 0.372. The van der Waals surface area contributed by atoms with Crippen LogP contribution in [-0.2, 0) is 19.4 Å². The molecule has 0 saturated carbocycles. The first-order chi connectivity index (χ1) is 14.1. The van der Waals surface area contributed by atoms with Gasteiger partial charge in [-0.15, -0.1) is 21.5 Å². The minimum absolute atomic E-state index is 0.392. The SMILES string of the molecule is Cc1ccc(OCc2nnc(SCc3csc(-c4ccccc4)n3)n2C)c(C)c1. The van der Waals surface area contributed by atoms with E-state index in [0.29, 0.717) is 6.61 Å². The third-order valence-electron chi connectivity index (χ3n) is 4.53. The van der Waals surface area contributed by atoms with E-state index in [4.69, 9.17) is 9.72 Å². The van der Waals surface area contributed by atoms with Crippen LogP contribution >= 0.6 is 23.1 Å². The first kappa shape index (κ1) is 19.7. The molecule has 0 unspecified atom stereocenters. The summed E-state index contributed by atoms with van der Waals surface area (Å²) in [5, 5.41) is 12.6. The van der Waals surface area contributed by atoms with Crippen LogP contribution in [0.4, 0.5) is 0 Å². The van der Waals surface area contributed by atoms with Crippen LogP contribution in [0.15, 0.2) is 59.1 Å². The molecule has 0 radical (unpaired) electrons. The van der Waals surface area contributed by atoms with Crippen LogP contribution in [0.3, 0.4) is 0 Å². The van der Waals surface area contributed by atoms with Gasteiger partial charge in [0.2, 0.25) is 0 Å². The second-order valence-electron chi connectivity index (χ2n) is 6.81. The summed E-state index contributed by atoms with van der Waals surface area (Å²) in [6, 6.07) is 16.4. The fourth-order valence-electron chi connectivity index (χ4n) is 2.93. The molecular weight excluding hydrogens is 400 g/mol. The smallest absolute Gasteiger partial charge is 0.191 e. The Morgan fingerprint density at radius 2 is 1.90 bits per heavy atom. The number of thioether (sulfide) groups is 1. The Morgan fingerprint density at radius 3 is 2.69 bits per heavy atom. The predicted molar refractivity (Wildman–Crippen MR) is 118 cm³/mol. The van der Waals surface area contributed by atoms with E-state index >= 15 is 0 Å². The van der Waals surface area contributed by atoms with Crippen molar-refractivity contribution in [1.82, 2.24) is 19.7 Å². The van der Waals surface area contributed by atoms with Crippen LogP contribution in [-0.4, -0.2) is 19.7 Å². The summed E-state index contributed by atoms with van der Waals surface area (Å²) < 4.78 is 7.93. The second kappa shape index (κ2) is 8.80. The van der Waals surface area contributed by atoms with Crippen LogP contribution in [0, 0.1) is 13.8 Å². The van der Waals surface area contributed by atoms with Gasteiger partial charge in [0, 0.05) is 23.7 Å². The summed E-state index contributed by atoms with van der Waals surface area (Å²) in [6.07, 6.45) is 0. The summed E-state index contributed by atoms with van der Waals surface area (Å²) in [5.74, 6) is 2.44. The van der Waals surface area contributed by atoms with Crippen molar-refractivity contribution in [3.63, 3.8) is 0 Å². The van der Waals surface area contributed by atoms with E-state index in [1.54, 1.807) is 23.1 Å². The van der Waals surface area contributed by atoms with Crippen molar-refractivity contribution in [2.45, 2.75) is 31.4 Å². The number of hydrogen-bond donors (Lipinski definition) is 0. The first-order valence-corrected chi connectivity index (χ1v) is 11.2. The lowest BCUT2D eigenvalue weighted by Gasteiger charge is -2.09. The number of rotatable bonds is 7. The molecule has 0 aliphatic rings. The predicted octanol–water partition coefficient (Wildman–Crippen LogP) is 5.43. The number of aromatic nitrogens is 4. The molecule has 0 spiro atoms. The summed E-state index contributed by atoms with van der Waals surface area (Å²) in [5.41, 5.74) is 4.55. The van der Waals surface area contributed by atoms with E-state index in [2.05, 4.69) is 53.7 Å². The Morgan fingerprint density at radius 1 is 1.07 bits per heavy atom. The van der Waals surface area contributed by atoms with Gasteiger partial charge in [0.05, 0.1) is 5.69 Å². The van der Waals surface area contributed by atoms with Gasteiger partial charge >= 0.3 is 0 Å². The molecule has 0 bridgehead atoms. The number of nitrogens with zero attached hydrogens (tertiary/aromatic N) is 4. The molecular formula is C22H22N4OS2. The van der Waals surface area contributed by atoms with Gasteiger partial charge in [-0.3, -0.25) is 0 Å². The van der Waals surface area contributed by atoms with Gasteiger partial charge in [0.25, 0.3) is 0 Å². The number of benzene rings is 2. The zero-order chi connectivity index (χ0) is 20.2. The molecule has 0 aliphatic carbocycles. The van der Waals surface area contributed by atoms with Gasteiger partial charge in [0.1, 0.15) is 17.4 Å². The molecule has 2 heterocycles. The van der Waals surface area contributed by atoms with Gasteiger partial charge in [0.15, 0.2) is 11.0 Å². The van der Waals surface area contributed by atoms with Gasteiger partial charge in [-0.25, -0.2) is 4.98 Å². The molecule has 5 nitrogen and oxygen atoms in total. The molecule has 148 valence electrons. The van der Waals surface area contributed by atoms with Gasteiger partial charge < -0.3 is 9.30 Å². The normalized spacial score (nSPS) is 11.0. The maximum atomic E-state index is 5.94. The van der Waals surface area contributed by atoms with Gasteiger partial charge in [-0.05, 0) is 25.5 Å². The largest absolute Gasteiger partial charge is 0.485 e. The Labute approximate surface area is 178 Å². The third-order valence-corrected chi connectivity index (χ3v) is 6.53. The topological polar surface area (TPSA) is 52.8 Å². The Kier molecular flexibility index (Phi) is 5.97. The molecule has 4 aromatic rings. The van der Waals surface area contributed by atoms with Crippen molar-refractivity contribution in [2.24, 2.45) is 7.05 Å². The van der Waals surface area contributed by atoms with Crippen molar-refractivity contribution in [3.8, 4) is 16.3 Å². The summed E-state index contributed by atoms with van der Waals surface area (Å²) in [7, 11) is 1.97. The molecule has 7 heteroatoms. The van der Waals surface area contributed by atoms with Crippen molar-refractivity contribution in [3.05, 3.63) is 76.6 Å². The minimum atomic E-state index is 0.392. The third kappa shape index (κ3) is 4.68. The molecule has 0 atom stereocenters. The van der Waals surface area contributed by atoms with Gasteiger partial charge in [-0.1, -0.05) is 59.8 Å². The minimum Gasteiger partial charge on any atom is -0.485 e. The molecule has 0 aliphatic heterocycles. The average molecular weight is 423 g/mol. The molecule has 2 aromatic heterocycles. The molecule has 29 heavy (non-hydrogen) atoms. The van der Waals surface area contributed by atoms with Crippen LogP contribution in [0.1, 0.15) is 22.6 Å². The maximum Gasteiger partial charge on any atom is 0.191 e. The summed E-state index contributed by atoms with van der Waals surface area (Å²) in [4.78, 5) is 4.74. The van der Waals surface area contributed by atoms with Gasteiger partial charge in [-0.2, -0.15) is 0 Å². The lowest BCUT2D eigenvalue weighted by Crippen LogP contribution is -2.05. The standard InChI is InChI=1S/C22H22N4OS2/c1-15-9-10-19(16(2)11-15)27-12-20-24-25-22(26(20)3)29-14-18-13-28-21(23-18)17-7-5-4-6-8-17/h4-11,13H,12,14H2,1-3H3. The van der Waals surface area contributed by atoms with Crippen molar-refractivity contribution in [1.29, 1.82) is 0 Å².